The van der Waals surface area contributed by atoms with E-state index in [4.69, 9.17) is 4.74 Å². The molecule has 1 aromatic carbocycles. The third kappa shape index (κ3) is 5.65. The van der Waals surface area contributed by atoms with Crippen LogP contribution in [0.15, 0.2) is 23.1 Å². The summed E-state index contributed by atoms with van der Waals surface area (Å²) in [4.78, 5) is 11.5. The molecule has 1 rings (SSSR count). The van der Waals surface area contributed by atoms with Crippen molar-refractivity contribution >= 4 is 16.2 Å². The Morgan fingerprint density at radius 2 is 1.91 bits per heavy atom. The topological polar surface area (TPSA) is 81.7 Å². The van der Waals surface area contributed by atoms with Gasteiger partial charge in [-0.25, -0.2) is 4.79 Å². The second-order valence-corrected chi connectivity index (χ2v) is 7.52. The molecule has 0 radical (unpaired) electrons. The van der Waals surface area contributed by atoms with E-state index in [1.165, 1.54) is 6.07 Å². The highest BCUT2D eigenvalue weighted by atomic mass is 32.2. The number of ether oxygens (including phenoxy) is 1. The van der Waals surface area contributed by atoms with Gasteiger partial charge in [0.05, 0.1) is 4.90 Å². The Bertz CT molecular complexity index is 632. The highest BCUT2D eigenvalue weighted by Crippen LogP contribution is 2.20. The van der Waals surface area contributed by atoms with E-state index >= 15 is 0 Å². The number of hydroxylamine groups is 1. The summed E-state index contributed by atoms with van der Waals surface area (Å²) in [5, 5.41) is 0. The minimum Gasteiger partial charge on any atom is -0.442 e. The Hall–Kier alpha value is -1.60. The summed E-state index contributed by atoms with van der Waals surface area (Å²) in [5.74, 6) is 0. The maximum atomic E-state index is 12.2. The quantitative estimate of drug-likeness (QED) is 0.840. The number of rotatable bonds is 5. The SMILES string of the molecule is CCCc1cc(C)ccc1S(=O)(=O)ONC(=O)OC(C)(C)C. The predicted octanol–water partition coefficient (Wildman–Crippen LogP) is 3.09. The summed E-state index contributed by atoms with van der Waals surface area (Å²) in [6.07, 6.45) is 0.442. The van der Waals surface area contributed by atoms with Crippen LogP contribution < -0.4 is 5.48 Å². The van der Waals surface area contributed by atoms with Crippen LogP contribution in [0, 0.1) is 6.92 Å². The van der Waals surface area contributed by atoms with Crippen LogP contribution in [-0.4, -0.2) is 20.1 Å². The number of nitrogens with one attached hydrogen (secondary N) is 1. The van der Waals surface area contributed by atoms with Crippen LogP contribution in [0.25, 0.3) is 0 Å². The average molecular weight is 329 g/mol. The largest absolute Gasteiger partial charge is 0.442 e. The van der Waals surface area contributed by atoms with E-state index in [1.807, 2.05) is 19.3 Å². The zero-order valence-electron chi connectivity index (χ0n) is 13.6. The van der Waals surface area contributed by atoms with Crippen molar-refractivity contribution < 1.29 is 22.2 Å². The molecule has 0 unspecified atom stereocenters. The van der Waals surface area contributed by atoms with Crippen LogP contribution in [-0.2, 0) is 25.6 Å². The van der Waals surface area contributed by atoms with Crippen LogP contribution in [0.5, 0.6) is 0 Å². The van der Waals surface area contributed by atoms with Crippen LogP contribution in [0.2, 0.25) is 0 Å². The van der Waals surface area contributed by atoms with Crippen molar-refractivity contribution in [1.29, 1.82) is 0 Å². The van der Waals surface area contributed by atoms with Gasteiger partial charge < -0.3 is 4.74 Å². The van der Waals surface area contributed by atoms with E-state index in [0.29, 0.717) is 12.0 Å². The van der Waals surface area contributed by atoms with E-state index in [9.17, 15) is 13.2 Å². The third-order valence-corrected chi connectivity index (χ3v) is 3.88. The lowest BCUT2D eigenvalue weighted by molar-refractivity contribution is 0.0298. The van der Waals surface area contributed by atoms with Gasteiger partial charge in [0, 0.05) is 0 Å². The molecule has 0 saturated heterocycles. The number of carbonyl (C=O) groups excluding carboxylic acids is 1. The number of carbonyl (C=O) groups is 1. The number of hydrogen-bond acceptors (Lipinski definition) is 5. The van der Waals surface area contributed by atoms with E-state index in [0.717, 1.165) is 12.0 Å². The fourth-order valence-corrected chi connectivity index (χ4v) is 2.83. The van der Waals surface area contributed by atoms with Crippen molar-refractivity contribution in [3.8, 4) is 0 Å². The molecule has 0 heterocycles. The molecule has 0 bridgehead atoms. The minimum atomic E-state index is -4.09. The Kier molecular flexibility index (Phi) is 5.96. The number of hydrogen-bond donors (Lipinski definition) is 1. The molecular weight excluding hydrogens is 306 g/mol. The van der Waals surface area contributed by atoms with Gasteiger partial charge in [0.1, 0.15) is 5.60 Å². The molecule has 0 aromatic heterocycles. The molecule has 7 heteroatoms. The average Bonchev–Trinajstić information content (AvgIpc) is 2.35. The number of amides is 1. The second-order valence-electron chi connectivity index (χ2n) is 6.00. The highest BCUT2D eigenvalue weighted by Gasteiger charge is 2.23. The van der Waals surface area contributed by atoms with Crippen LogP contribution >= 0.6 is 0 Å². The van der Waals surface area contributed by atoms with Gasteiger partial charge in [0.25, 0.3) is 0 Å². The first kappa shape index (κ1) is 18.4. The van der Waals surface area contributed by atoms with Gasteiger partial charge in [-0.15, -0.1) is 4.28 Å². The lowest BCUT2D eigenvalue weighted by Gasteiger charge is -2.19. The van der Waals surface area contributed by atoms with Crippen molar-refractivity contribution in [2.24, 2.45) is 0 Å². The highest BCUT2D eigenvalue weighted by molar-refractivity contribution is 7.86. The van der Waals surface area contributed by atoms with Crippen molar-refractivity contribution in [2.45, 2.75) is 58.0 Å². The lowest BCUT2D eigenvalue weighted by atomic mass is 10.1. The van der Waals surface area contributed by atoms with E-state index < -0.39 is 21.8 Å². The zero-order chi connectivity index (χ0) is 17.0. The Labute approximate surface area is 131 Å². The zero-order valence-corrected chi connectivity index (χ0v) is 14.4. The molecule has 1 aromatic rings. The first-order chi connectivity index (χ1) is 10.0. The molecule has 1 N–H and O–H groups in total. The van der Waals surface area contributed by atoms with Crippen molar-refractivity contribution in [3.05, 3.63) is 29.3 Å². The van der Waals surface area contributed by atoms with Crippen LogP contribution in [0.3, 0.4) is 0 Å². The molecule has 0 aliphatic carbocycles. The van der Waals surface area contributed by atoms with E-state index in [1.54, 1.807) is 32.9 Å². The predicted molar refractivity (Wildman–Crippen MR) is 82.8 cm³/mol. The smallest absolute Gasteiger partial charge is 0.432 e. The van der Waals surface area contributed by atoms with E-state index in [-0.39, 0.29) is 4.90 Å². The Morgan fingerprint density at radius 3 is 2.45 bits per heavy atom. The van der Waals surface area contributed by atoms with Crippen LogP contribution in [0.4, 0.5) is 4.79 Å². The molecule has 1 amide bonds. The summed E-state index contributed by atoms with van der Waals surface area (Å²) in [7, 11) is -4.09. The van der Waals surface area contributed by atoms with Gasteiger partial charge in [0.15, 0.2) is 0 Å². The molecule has 6 nitrogen and oxygen atoms in total. The molecule has 0 spiro atoms. The minimum absolute atomic E-state index is 0.0519. The van der Waals surface area contributed by atoms with Gasteiger partial charge in [-0.1, -0.05) is 31.0 Å². The monoisotopic (exact) mass is 329 g/mol. The lowest BCUT2D eigenvalue weighted by Crippen LogP contribution is -2.34. The fourth-order valence-electron chi connectivity index (χ4n) is 1.85. The van der Waals surface area contributed by atoms with Crippen molar-refractivity contribution in [3.63, 3.8) is 0 Å². The van der Waals surface area contributed by atoms with E-state index in [2.05, 4.69) is 4.28 Å². The summed E-state index contributed by atoms with van der Waals surface area (Å²) in [5.41, 5.74) is 2.69. The van der Waals surface area contributed by atoms with Gasteiger partial charge in [-0.3, -0.25) is 0 Å². The first-order valence-corrected chi connectivity index (χ1v) is 8.48. The molecule has 22 heavy (non-hydrogen) atoms. The first-order valence-electron chi connectivity index (χ1n) is 7.07. The summed E-state index contributed by atoms with van der Waals surface area (Å²) >= 11 is 0. The van der Waals surface area contributed by atoms with Crippen LogP contribution in [0.1, 0.15) is 45.2 Å². The Balaban J connectivity index is 2.89. The molecular formula is C15H23NO5S. The van der Waals surface area contributed by atoms with Crippen molar-refractivity contribution in [1.82, 2.24) is 5.48 Å². The number of benzene rings is 1. The van der Waals surface area contributed by atoms with Gasteiger partial charge >= 0.3 is 16.2 Å². The fraction of sp³-hybridized carbons (Fsp3) is 0.533. The summed E-state index contributed by atoms with van der Waals surface area (Å²) in [6, 6.07) is 4.96. The molecule has 0 atom stereocenters. The summed E-state index contributed by atoms with van der Waals surface area (Å²) in [6.45, 7) is 8.84. The molecule has 0 fully saturated rings. The standard InChI is InChI=1S/C15H23NO5S/c1-6-7-12-10-11(2)8-9-13(12)22(18,19)21-16-14(17)20-15(3,4)5/h8-10H,6-7H2,1-5H3,(H,16,17). The summed E-state index contributed by atoms with van der Waals surface area (Å²) < 4.78 is 34.0. The second kappa shape index (κ2) is 7.11. The van der Waals surface area contributed by atoms with Gasteiger partial charge in [-0.05, 0) is 45.7 Å². The normalized spacial score (nSPS) is 12.0. The molecule has 0 aliphatic heterocycles. The third-order valence-electron chi connectivity index (χ3n) is 2.64. The molecule has 0 aliphatic rings. The molecule has 0 saturated carbocycles. The maximum Gasteiger partial charge on any atom is 0.432 e. The molecule has 124 valence electrons. The number of aryl methyl sites for hydroxylation is 2. The Morgan fingerprint density at radius 1 is 1.27 bits per heavy atom. The van der Waals surface area contributed by atoms with Gasteiger partial charge in [0.2, 0.25) is 0 Å². The van der Waals surface area contributed by atoms with Crippen molar-refractivity contribution in [2.75, 3.05) is 0 Å². The van der Waals surface area contributed by atoms with Gasteiger partial charge in [-0.2, -0.15) is 13.9 Å². The maximum absolute atomic E-state index is 12.2.